The maximum absolute atomic E-state index is 12.6. The molecule has 114 valence electrons. The van der Waals surface area contributed by atoms with Crippen LogP contribution in [-0.4, -0.2) is 27.0 Å². The van der Waals surface area contributed by atoms with E-state index in [1.165, 1.54) is 23.5 Å². The summed E-state index contributed by atoms with van der Waals surface area (Å²) < 4.78 is 1.51. The highest BCUT2D eigenvalue weighted by Gasteiger charge is 2.20. The molecule has 3 aromatic rings. The molecular weight excluding hydrogens is 294 g/mol. The van der Waals surface area contributed by atoms with E-state index in [1.807, 2.05) is 0 Å². The number of benzene rings is 1. The molecule has 5 heteroatoms. The number of pyridine rings is 1. The number of carboxylic acid groups (broad SMARTS) is 1. The van der Waals surface area contributed by atoms with Crippen molar-refractivity contribution in [2.45, 2.75) is 6.92 Å². The van der Waals surface area contributed by atoms with E-state index < -0.39 is 5.97 Å². The average molecular weight is 307 g/mol. The van der Waals surface area contributed by atoms with Crippen LogP contribution >= 0.6 is 0 Å². The predicted molar refractivity (Wildman–Crippen MR) is 84.2 cm³/mol. The van der Waals surface area contributed by atoms with Gasteiger partial charge in [-0.1, -0.05) is 30.3 Å². The highest BCUT2D eigenvalue weighted by molar-refractivity contribution is 6.11. The number of carboxylic acids is 1. The Morgan fingerprint density at radius 3 is 2.26 bits per heavy atom. The van der Waals surface area contributed by atoms with E-state index in [2.05, 4.69) is 0 Å². The summed E-state index contributed by atoms with van der Waals surface area (Å²) in [5.41, 5.74) is 1.44. The maximum Gasteiger partial charge on any atom is 0.337 e. The van der Waals surface area contributed by atoms with E-state index in [4.69, 9.17) is 0 Å². The molecule has 5 nitrogen and oxygen atoms in total. The summed E-state index contributed by atoms with van der Waals surface area (Å²) in [5.74, 6) is -1.58. The third kappa shape index (κ3) is 2.53. The molecule has 0 spiro atoms. The number of ketones is 2. The molecule has 23 heavy (non-hydrogen) atoms. The molecule has 0 saturated carbocycles. The molecule has 2 heterocycles. The predicted octanol–water partition coefficient (Wildman–Crippen LogP) is 3.07. The second kappa shape index (κ2) is 5.53. The van der Waals surface area contributed by atoms with Gasteiger partial charge >= 0.3 is 5.97 Å². The lowest BCUT2D eigenvalue weighted by Crippen LogP contribution is -2.05. The van der Waals surface area contributed by atoms with Gasteiger partial charge in [0.2, 0.25) is 5.78 Å². The second-order valence-corrected chi connectivity index (χ2v) is 5.17. The summed E-state index contributed by atoms with van der Waals surface area (Å²) in [4.78, 5) is 35.6. The standard InChI is InChI=1S/C18H13NO4/c1-11(20)13-7-8-19-15(9-13)14(18(22)23)10-16(19)17(21)12-5-3-2-4-6-12/h2-10H,1H3,(H,22,23). The monoisotopic (exact) mass is 307 g/mol. The van der Waals surface area contributed by atoms with Crippen molar-refractivity contribution in [3.8, 4) is 0 Å². The van der Waals surface area contributed by atoms with Gasteiger partial charge in [-0.25, -0.2) is 4.79 Å². The van der Waals surface area contributed by atoms with Gasteiger partial charge in [0, 0.05) is 17.3 Å². The van der Waals surface area contributed by atoms with E-state index >= 15 is 0 Å². The van der Waals surface area contributed by atoms with Crippen LogP contribution in [0, 0.1) is 0 Å². The second-order valence-electron chi connectivity index (χ2n) is 5.17. The van der Waals surface area contributed by atoms with Gasteiger partial charge in [0.15, 0.2) is 5.78 Å². The summed E-state index contributed by atoms with van der Waals surface area (Å²) >= 11 is 0. The van der Waals surface area contributed by atoms with Crippen LogP contribution in [0.25, 0.3) is 5.52 Å². The molecule has 1 aromatic carbocycles. The lowest BCUT2D eigenvalue weighted by atomic mass is 10.1. The van der Waals surface area contributed by atoms with Gasteiger partial charge in [0.05, 0.1) is 16.8 Å². The van der Waals surface area contributed by atoms with Gasteiger partial charge < -0.3 is 9.51 Å². The smallest absolute Gasteiger partial charge is 0.337 e. The SMILES string of the molecule is CC(=O)c1ccn2c(C(=O)c3ccccc3)cc(C(=O)O)c2c1. The molecule has 0 aliphatic carbocycles. The fourth-order valence-electron chi connectivity index (χ4n) is 2.50. The van der Waals surface area contributed by atoms with Crippen molar-refractivity contribution in [3.63, 3.8) is 0 Å². The van der Waals surface area contributed by atoms with E-state index in [-0.39, 0.29) is 22.8 Å². The number of nitrogens with zero attached hydrogens (tertiary/aromatic N) is 1. The Balaban J connectivity index is 2.24. The number of aromatic carboxylic acids is 1. The van der Waals surface area contributed by atoms with Crippen LogP contribution in [0.3, 0.4) is 0 Å². The number of fused-ring (bicyclic) bond motifs is 1. The Kier molecular flexibility index (Phi) is 3.54. The Hall–Kier alpha value is -3.21. The van der Waals surface area contributed by atoms with Crippen LogP contribution in [0.15, 0.2) is 54.7 Å². The normalized spacial score (nSPS) is 10.7. The number of aromatic nitrogens is 1. The van der Waals surface area contributed by atoms with Crippen molar-refractivity contribution < 1.29 is 19.5 Å². The van der Waals surface area contributed by atoms with Crippen LogP contribution in [-0.2, 0) is 0 Å². The van der Waals surface area contributed by atoms with E-state index in [0.29, 0.717) is 16.6 Å². The van der Waals surface area contributed by atoms with Gasteiger partial charge in [-0.3, -0.25) is 9.59 Å². The molecular formula is C18H13NO4. The average Bonchev–Trinajstić information content (AvgIpc) is 2.94. The number of hydrogen-bond acceptors (Lipinski definition) is 3. The van der Waals surface area contributed by atoms with Crippen LogP contribution in [0.4, 0.5) is 0 Å². The minimum Gasteiger partial charge on any atom is -0.478 e. The molecule has 0 unspecified atom stereocenters. The number of Topliss-reactive ketones (excluding diaryl/α,β-unsaturated/α-hetero) is 1. The molecule has 2 aromatic heterocycles. The van der Waals surface area contributed by atoms with Crippen molar-refractivity contribution in [2.24, 2.45) is 0 Å². The third-order valence-electron chi connectivity index (χ3n) is 3.68. The van der Waals surface area contributed by atoms with Crippen LogP contribution in [0.5, 0.6) is 0 Å². The van der Waals surface area contributed by atoms with E-state index in [9.17, 15) is 19.5 Å². The van der Waals surface area contributed by atoms with Gasteiger partial charge in [-0.05, 0) is 25.1 Å². The number of carbonyl (C=O) groups excluding carboxylic acids is 2. The Morgan fingerprint density at radius 1 is 0.957 bits per heavy atom. The van der Waals surface area contributed by atoms with Gasteiger partial charge in [-0.2, -0.15) is 0 Å². The Morgan fingerprint density at radius 2 is 1.65 bits per heavy atom. The lowest BCUT2D eigenvalue weighted by Gasteiger charge is -2.04. The molecule has 0 radical (unpaired) electrons. The van der Waals surface area contributed by atoms with Crippen molar-refractivity contribution in [2.75, 3.05) is 0 Å². The number of rotatable bonds is 4. The fourth-order valence-corrected chi connectivity index (χ4v) is 2.50. The highest BCUT2D eigenvalue weighted by Crippen LogP contribution is 2.21. The van der Waals surface area contributed by atoms with Crippen molar-refractivity contribution in [3.05, 3.63) is 77.1 Å². The first-order valence-electron chi connectivity index (χ1n) is 6.98. The zero-order valence-electron chi connectivity index (χ0n) is 12.3. The minimum atomic E-state index is -1.14. The molecule has 0 bridgehead atoms. The molecule has 3 rings (SSSR count). The minimum absolute atomic E-state index is 0.00705. The van der Waals surface area contributed by atoms with Gasteiger partial charge in [-0.15, -0.1) is 0 Å². The van der Waals surface area contributed by atoms with E-state index in [1.54, 1.807) is 42.6 Å². The van der Waals surface area contributed by atoms with Crippen LogP contribution in [0.1, 0.15) is 43.7 Å². The maximum atomic E-state index is 12.6. The van der Waals surface area contributed by atoms with Crippen LogP contribution < -0.4 is 0 Å². The highest BCUT2D eigenvalue weighted by atomic mass is 16.4. The lowest BCUT2D eigenvalue weighted by molar-refractivity contribution is 0.0698. The van der Waals surface area contributed by atoms with E-state index in [0.717, 1.165) is 0 Å². The van der Waals surface area contributed by atoms with Gasteiger partial charge in [0.1, 0.15) is 0 Å². The van der Waals surface area contributed by atoms with Crippen molar-refractivity contribution >= 4 is 23.1 Å². The summed E-state index contributed by atoms with van der Waals surface area (Å²) in [6.45, 7) is 1.41. The molecule has 1 N–H and O–H groups in total. The summed E-state index contributed by atoms with van der Waals surface area (Å²) in [5, 5.41) is 9.37. The Labute approximate surface area is 131 Å². The molecule has 0 aliphatic heterocycles. The summed E-state index contributed by atoms with van der Waals surface area (Å²) in [6, 6.07) is 13.0. The first kappa shape index (κ1) is 14.7. The molecule has 0 saturated heterocycles. The quantitative estimate of drug-likeness (QED) is 0.752. The third-order valence-corrected chi connectivity index (χ3v) is 3.68. The van der Waals surface area contributed by atoms with Gasteiger partial charge in [0.25, 0.3) is 0 Å². The van der Waals surface area contributed by atoms with Crippen LogP contribution in [0.2, 0.25) is 0 Å². The zero-order valence-corrected chi connectivity index (χ0v) is 12.3. The Bertz CT molecular complexity index is 938. The fraction of sp³-hybridized carbons (Fsp3) is 0.0556. The first-order chi connectivity index (χ1) is 11.0. The number of carbonyl (C=O) groups is 3. The zero-order chi connectivity index (χ0) is 16.6. The molecule has 0 aliphatic rings. The molecule has 0 fully saturated rings. The topological polar surface area (TPSA) is 75.8 Å². The molecule has 0 atom stereocenters. The van der Waals surface area contributed by atoms with Crippen molar-refractivity contribution in [1.29, 1.82) is 0 Å². The number of hydrogen-bond donors (Lipinski definition) is 1. The van der Waals surface area contributed by atoms with Crippen molar-refractivity contribution in [1.82, 2.24) is 4.40 Å². The largest absolute Gasteiger partial charge is 0.478 e. The summed E-state index contributed by atoms with van der Waals surface area (Å²) in [7, 11) is 0. The summed E-state index contributed by atoms with van der Waals surface area (Å²) in [6.07, 6.45) is 1.55. The first-order valence-corrected chi connectivity index (χ1v) is 6.98. The molecule has 0 amide bonds.